The lowest BCUT2D eigenvalue weighted by molar-refractivity contribution is -0.123. The average Bonchev–Trinajstić information content (AvgIpc) is 3.26. The Bertz CT molecular complexity index is 1590. The summed E-state index contributed by atoms with van der Waals surface area (Å²) < 4.78 is 114. The van der Waals surface area contributed by atoms with Crippen LogP contribution >= 0.6 is 15.9 Å². The number of aliphatic hydroxyl groups is 1. The van der Waals surface area contributed by atoms with Crippen LogP contribution in [0.2, 0.25) is 0 Å². The molecule has 15 heteroatoms. The molecule has 0 unspecified atom stereocenters. The number of aromatic nitrogens is 3. The number of nitrogens with zero attached hydrogens (tertiary/aromatic N) is 3. The third kappa shape index (κ3) is 7.53. The fourth-order valence-electron chi connectivity index (χ4n) is 4.59. The maximum absolute atomic E-state index is 14.8. The minimum Gasteiger partial charge on any atom is -0.378 e. The zero-order chi connectivity index (χ0) is 31.9. The van der Waals surface area contributed by atoms with Crippen molar-refractivity contribution in [2.45, 2.75) is 69.6 Å². The third-order valence-corrected chi connectivity index (χ3v) is 6.99. The van der Waals surface area contributed by atoms with Gasteiger partial charge in [0.1, 0.15) is 35.2 Å². The number of hydrogen-bond acceptors (Lipinski definition) is 4. The molecule has 0 saturated heterocycles. The van der Waals surface area contributed by atoms with Crippen LogP contribution in [0.25, 0.3) is 0 Å². The van der Waals surface area contributed by atoms with Crippen LogP contribution in [0.4, 0.5) is 35.1 Å². The largest absolute Gasteiger partial charge is 0.378 e. The monoisotopic (exact) mass is 678 g/mol. The molecule has 3 aromatic rings. The van der Waals surface area contributed by atoms with Crippen molar-refractivity contribution in [3.63, 3.8) is 0 Å². The smallest absolute Gasteiger partial charge is 0.290 e. The van der Waals surface area contributed by atoms with E-state index in [1.54, 1.807) is 0 Å². The minimum absolute atomic E-state index is 0.0602. The van der Waals surface area contributed by atoms with Crippen LogP contribution in [-0.4, -0.2) is 31.4 Å². The maximum Gasteiger partial charge on any atom is 0.290 e. The summed E-state index contributed by atoms with van der Waals surface area (Å²) in [6, 6.07) is 2.89. The molecule has 2 N–H and O–H groups in total. The van der Waals surface area contributed by atoms with E-state index in [1.807, 2.05) is 0 Å². The zero-order valence-corrected chi connectivity index (χ0v) is 24.1. The van der Waals surface area contributed by atoms with Crippen molar-refractivity contribution in [1.82, 2.24) is 20.1 Å². The second-order valence-corrected chi connectivity index (χ2v) is 11.3. The fourth-order valence-corrected chi connectivity index (χ4v) is 5.22. The summed E-state index contributed by atoms with van der Waals surface area (Å²) in [5.41, 5.74) is -5.46. The number of fused-ring (bicyclic) bond motifs is 1. The van der Waals surface area contributed by atoms with Gasteiger partial charge in [-0.15, -0.1) is 0 Å². The molecule has 0 radical (unpaired) electrons. The highest BCUT2D eigenvalue weighted by molar-refractivity contribution is 9.10. The lowest BCUT2D eigenvalue weighted by atomic mass is 9.89. The molecule has 6 nitrogen and oxygen atoms in total. The number of pyridine rings is 1. The van der Waals surface area contributed by atoms with Gasteiger partial charge >= 0.3 is 0 Å². The molecule has 1 aliphatic rings. The number of carbonyl (C=O) groups is 1. The van der Waals surface area contributed by atoms with Gasteiger partial charge in [0.2, 0.25) is 5.91 Å². The van der Waals surface area contributed by atoms with Gasteiger partial charge in [-0.1, -0.05) is 11.8 Å². The van der Waals surface area contributed by atoms with Crippen LogP contribution in [0, 0.1) is 23.5 Å². The van der Waals surface area contributed by atoms with Crippen molar-refractivity contribution in [3.8, 4) is 11.8 Å². The molecule has 1 aliphatic carbocycles. The Morgan fingerprint density at radius 1 is 1.09 bits per heavy atom. The van der Waals surface area contributed by atoms with Gasteiger partial charge in [0.25, 0.3) is 18.3 Å². The summed E-state index contributed by atoms with van der Waals surface area (Å²) >= 11 is 3.29. The molecule has 1 amide bonds. The standard InChI is InChI=1S/C28H23BrF8N4O2/c1-26(2,43)4-3-14-9-18(29)22(38-12-14)19(10-15-7-16(30)11-17(31)8-15)39-20(42)13-41-24-21(23(40-41)25(32)33)27(34,35)5-6-28(24,36)37/h7-9,11-12,19,25,43H,5-6,10,13H2,1-2H3,(H,39,42)/t19-/m0/s1. The number of alkyl halides is 6. The van der Waals surface area contributed by atoms with Gasteiger partial charge in [-0.25, -0.2) is 26.3 Å². The van der Waals surface area contributed by atoms with E-state index in [4.69, 9.17) is 0 Å². The summed E-state index contributed by atoms with van der Waals surface area (Å²) in [5.74, 6) is -5.66. The number of hydrogen-bond donors (Lipinski definition) is 2. The lowest BCUT2D eigenvalue weighted by Crippen LogP contribution is -2.37. The quantitative estimate of drug-likeness (QED) is 0.222. The molecule has 230 valence electrons. The Morgan fingerprint density at radius 2 is 1.72 bits per heavy atom. The van der Waals surface area contributed by atoms with Crippen LogP contribution in [0.15, 0.2) is 34.9 Å². The molecule has 4 rings (SSSR count). The molecular weight excluding hydrogens is 656 g/mol. The first kappa shape index (κ1) is 32.4. The third-order valence-electron chi connectivity index (χ3n) is 6.35. The van der Waals surface area contributed by atoms with E-state index in [0.29, 0.717) is 11.6 Å². The molecule has 0 saturated carbocycles. The van der Waals surface area contributed by atoms with E-state index in [1.165, 1.54) is 26.1 Å². The highest BCUT2D eigenvalue weighted by atomic mass is 79.9. The summed E-state index contributed by atoms with van der Waals surface area (Å²) in [7, 11) is 0. The van der Waals surface area contributed by atoms with Crippen LogP contribution in [0.1, 0.15) is 72.9 Å². The topological polar surface area (TPSA) is 80.0 Å². The minimum atomic E-state index is -4.02. The molecule has 2 aromatic heterocycles. The van der Waals surface area contributed by atoms with E-state index in [-0.39, 0.29) is 26.8 Å². The molecule has 1 aromatic carbocycles. The van der Waals surface area contributed by atoms with E-state index in [2.05, 4.69) is 43.2 Å². The normalized spacial score (nSPS) is 16.3. The van der Waals surface area contributed by atoms with Crippen LogP contribution in [-0.2, 0) is 29.6 Å². The van der Waals surface area contributed by atoms with Crippen molar-refractivity contribution in [2.24, 2.45) is 0 Å². The number of rotatable bonds is 7. The first-order chi connectivity index (χ1) is 19.9. The van der Waals surface area contributed by atoms with Gasteiger partial charge in [-0.05, 0) is 60.0 Å². The van der Waals surface area contributed by atoms with E-state index < -0.39 is 83.8 Å². The Morgan fingerprint density at radius 3 is 2.30 bits per heavy atom. The Labute approximate surface area is 248 Å². The van der Waals surface area contributed by atoms with Crippen molar-refractivity contribution < 1.29 is 45.0 Å². The summed E-state index contributed by atoms with van der Waals surface area (Å²) in [6.45, 7) is 1.76. The molecule has 2 heterocycles. The molecule has 0 bridgehead atoms. The summed E-state index contributed by atoms with van der Waals surface area (Å²) in [4.78, 5) is 17.4. The SMILES string of the molecule is CC(C)(O)C#Cc1cnc([C@H](Cc2cc(F)cc(F)c2)NC(=O)Cn2nc(C(F)F)c3c2C(F)(F)CCC3(F)F)c(Br)c1. The number of amides is 1. The maximum atomic E-state index is 14.8. The molecule has 0 spiro atoms. The van der Waals surface area contributed by atoms with Crippen LogP contribution < -0.4 is 5.32 Å². The molecule has 0 aliphatic heterocycles. The van der Waals surface area contributed by atoms with Gasteiger partial charge in [0.15, 0.2) is 0 Å². The summed E-state index contributed by atoms with van der Waals surface area (Å²) in [5, 5.41) is 15.5. The van der Waals surface area contributed by atoms with E-state index in [0.717, 1.165) is 12.1 Å². The van der Waals surface area contributed by atoms with Crippen molar-refractivity contribution in [2.75, 3.05) is 0 Å². The Kier molecular flexibility index (Phi) is 8.95. The molecular formula is C28H23BrF8N4O2. The average molecular weight is 679 g/mol. The van der Waals surface area contributed by atoms with E-state index >= 15 is 0 Å². The predicted octanol–water partition coefficient (Wildman–Crippen LogP) is 6.46. The van der Waals surface area contributed by atoms with Crippen molar-refractivity contribution in [1.29, 1.82) is 0 Å². The first-order valence-corrected chi connectivity index (χ1v) is 13.5. The number of nitrogens with one attached hydrogen (secondary N) is 1. The van der Waals surface area contributed by atoms with E-state index in [9.17, 15) is 45.0 Å². The number of benzene rings is 1. The van der Waals surface area contributed by atoms with Gasteiger partial charge in [0.05, 0.1) is 17.3 Å². The number of halogens is 9. The second-order valence-electron chi connectivity index (χ2n) is 10.5. The first-order valence-electron chi connectivity index (χ1n) is 12.7. The van der Waals surface area contributed by atoms with Gasteiger partial charge < -0.3 is 10.4 Å². The Hall–Kier alpha value is -3.51. The Balaban J connectivity index is 1.70. The van der Waals surface area contributed by atoms with Crippen LogP contribution in [0.5, 0.6) is 0 Å². The highest BCUT2D eigenvalue weighted by Gasteiger charge is 2.55. The van der Waals surface area contributed by atoms with Gasteiger partial charge in [-0.3, -0.25) is 14.5 Å². The number of carbonyl (C=O) groups excluding carboxylic acids is 1. The fraction of sp³-hybridized carbons (Fsp3) is 0.393. The molecule has 1 atom stereocenters. The van der Waals surface area contributed by atoms with Crippen LogP contribution in [0.3, 0.4) is 0 Å². The lowest BCUT2D eigenvalue weighted by Gasteiger charge is -2.29. The summed E-state index contributed by atoms with van der Waals surface area (Å²) in [6.07, 6.45) is -5.35. The second kappa shape index (κ2) is 11.9. The van der Waals surface area contributed by atoms with Crippen molar-refractivity contribution in [3.05, 3.63) is 80.3 Å². The van der Waals surface area contributed by atoms with Gasteiger partial charge in [0, 0.05) is 35.1 Å². The highest BCUT2D eigenvalue weighted by Crippen LogP contribution is 2.52. The van der Waals surface area contributed by atoms with Crippen molar-refractivity contribution >= 4 is 21.8 Å². The zero-order valence-electron chi connectivity index (χ0n) is 22.5. The molecule has 43 heavy (non-hydrogen) atoms. The predicted molar refractivity (Wildman–Crippen MR) is 140 cm³/mol. The molecule has 0 fully saturated rings. The van der Waals surface area contributed by atoms with Gasteiger partial charge in [-0.2, -0.15) is 13.9 Å².